The lowest BCUT2D eigenvalue weighted by atomic mass is 10.0. The van der Waals surface area contributed by atoms with Crippen LogP contribution in [0.2, 0.25) is 0 Å². The van der Waals surface area contributed by atoms with Crippen LogP contribution in [0.15, 0.2) is 53.7 Å². The Labute approximate surface area is 98.0 Å². The smallest absolute Gasteiger partial charge is 0.195 e. The van der Waals surface area contributed by atoms with Gasteiger partial charge in [0, 0.05) is 11.1 Å². The van der Waals surface area contributed by atoms with Crippen LogP contribution >= 0.6 is 0 Å². The van der Waals surface area contributed by atoms with Crippen molar-refractivity contribution < 1.29 is 4.79 Å². The SMILES string of the molecule is Nc1c(N=O)cccc1C(=O)c1ccccc1. The van der Waals surface area contributed by atoms with E-state index in [2.05, 4.69) is 5.18 Å². The molecule has 4 heteroatoms. The highest BCUT2D eigenvalue weighted by atomic mass is 16.3. The van der Waals surface area contributed by atoms with Crippen LogP contribution in [0.3, 0.4) is 0 Å². The summed E-state index contributed by atoms with van der Waals surface area (Å²) >= 11 is 0. The third kappa shape index (κ3) is 2.06. The number of anilines is 1. The lowest BCUT2D eigenvalue weighted by Crippen LogP contribution is -2.05. The first kappa shape index (κ1) is 11.0. The van der Waals surface area contributed by atoms with Gasteiger partial charge in [0.25, 0.3) is 0 Å². The van der Waals surface area contributed by atoms with Crippen LogP contribution in [0, 0.1) is 4.91 Å². The van der Waals surface area contributed by atoms with Crippen LogP contribution < -0.4 is 5.73 Å². The molecule has 0 unspecified atom stereocenters. The second kappa shape index (κ2) is 4.57. The number of rotatable bonds is 3. The normalized spacial score (nSPS) is 9.88. The molecule has 0 heterocycles. The highest BCUT2D eigenvalue weighted by Crippen LogP contribution is 2.26. The predicted molar refractivity (Wildman–Crippen MR) is 66.2 cm³/mol. The quantitative estimate of drug-likeness (QED) is 0.496. The van der Waals surface area contributed by atoms with E-state index in [0.29, 0.717) is 11.1 Å². The van der Waals surface area contributed by atoms with Crippen molar-refractivity contribution in [3.05, 3.63) is 64.6 Å². The molecule has 2 aromatic carbocycles. The number of nitrogen functional groups attached to an aromatic ring is 1. The summed E-state index contributed by atoms with van der Waals surface area (Å²) in [6.45, 7) is 0. The summed E-state index contributed by atoms with van der Waals surface area (Å²) in [6, 6.07) is 13.4. The lowest BCUT2D eigenvalue weighted by molar-refractivity contribution is 0.103. The number of carbonyl (C=O) groups excluding carboxylic acids is 1. The van der Waals surface area contributed by atoms with Gasteiger partial charge in [-0.25, -0.2) is 0 Å². The summed E-state index contributed by atoms with van der Waals surface area (Å²) in [5.41, 5.74) is 6.76. The minimum atomic E-state index is -0.214. The highest BCUT2D eigenvalue weighted by molar-refractivity contribution is 6.13. The summed E-state index contributed by atoms with van der Waals surface area (Å²) in [6.07, 6.45) is 0. The molecule has 0 aliphatic rings. The van der Waals surface area contributed by atoms with Crippen LogP contribution in [0.4, 0.5) is 11.4 Å². The first-order valence-corrected chi connectivity index (χ1v) is 5.05. The zero-order valence-electron chi connectivity index (χ0n) is 8.96. The largest absolute Gasteiger partial charge is 0.396 e. The van der Waals surface area contributed by atoms with Gasteiger partial charge in [-0.3, -0.25) is 4.79 Å². The molecule has 0 bridgehead atoms. The van der Waals surface area contributed by atoms with Crippen molar-refractivity contribution in [2.75, 3.05) is 5.73 Å². The van der Waals surface area contributed by atoms with Crippen LogP contribution in [-0.4, -0.2) is 5.78 Å². The fourth-order valence-corrected chi connectivity index (χ4v) is 1.58. The van der Waals surface area contributed by atoms with Crippen molar-refractivity contribution in [2.24, 2.45) is 5.18 Å². The van der Waals surface area contributed by atoms with Crippen LogP contribution in [-0.2, 0) is 0 Å². The van der Waals surface area contributed by atoms with Crippen molar-refractivity contribution in [2.45, 2.75) is 0 Å². The Hall–Kier alpha value is -2.49. The second-order valence-electron chi connectivity index (χ2n) is 3.52. The van der Waals surface area contributed by atoms with Gasteiger partial charge in [0.15, 0.2) is 5.78 Å². The van der Waals surface area contributed by atoms with Gasteiger partial charge in [0.2, 0.25) is 0 Å². The molecule has 0 aromatic heterocycles. The van der Waals surface area contributed by atoms with Gasteiger partial charge in [-0.1, -0.05) is 36.4 Å². The third-order valence-corrected chi connectivity index (χ3v) is 2.46. The Balaban J connectivity index is 2.48. The Kier molecular flexibility index (Phi) is 2.96. The lowest BCUT2D eigenvalue weighted by Gasteiger charge is -2.05. The molecule has 0 spiro atoms. The highest BCUT2D eigenvalue weighted by Gasteiger charge is 2.14. The van der Waals surface area contributed by atoms with Crippen molar-refractivity contribution in [1.82, 2.24) is 0 Å². The third-order valence-electron chi connectivity index (χ3n) is 2.46. The summed E-state index contributed by atoms with van der Waals surface area (Å²) in [4.78, 5) is 22.6. The summed E-state index contributed by atoms with van der Waals surface area (Å²) in [5, 5.41) is 2.78. The average Bonchev–Trinajstić information content (AvgIpc) is 2.39. The Morgan fingerprint density at radius 2 is 1.71 bits per heavy atom. The van der Waals surface area contributed by atoms with Crippen molar-refractivity contribution in [3.8, 4) is 0 Å². The maximum atomic E-state index is 12.1. The van der Waals surface area contributed by atoms with Gasteiger partial charge in [0.05, 0.1) is 5.69 Å². The number of hydrogen-bond donors (Lipinski definition) is 1. The summed E-state index contributed by atoms with van der Waals surface area (Å²) in [7, 11) is 0. The molecule has 0 amide bonds. The molecular weight excluding hydrogens is 216 g/mol. The van der Waals surface area contributed by atoms with Crippen molar-refractivity contribution in [1.29, 1.82) is 0 Å². The van der Waals surface area contributed by atoms with E-state index in [4.69, 9.17) is 5.73 Å². The molecular formula is C13H10N2O2. The van der Waals surface area contributed by atoms with E-state index in [1.54, 1.807) is 36.4 Å². The first-order chi connectivity index (χ1) is 8.24. The fraction of sp³-hybridized carbons (Fsp3) is 0. The maximum absolute atomic E-state index is 12.1. The van der Waals surface area contributed by atoms with E-state index in [9.17, 15) is 9.70 Å². The van der Waals surface area contributed by atoms with E-state index in [1.807, 2.05) is 6.07 Å². The fourth-order valence-electron chi connectivity index (χ4n) is 1.58. The molecule has 0 saturated heterocycles. The van der Waals surface area contributed by atoms with Gasteiger partial charge in [-0.15, -0.1) is 4.91 Å². The maximum Gasteiger partial charge on any atom is 0.195 e. The molecule has 0 atom stereocenters. The monoisotopic (exact) mass is 226 g/mol. The Morgan fingerprint density at radius 3 is 2.35 bits per heavy atom. The zero-order chi connectivity index (χ0) is 12.3. The molecule has 2 rings (SSSR count). The van der Waals surface area contributed by atoms with Crippen molar-refractivity contribution >= 4 is 17.2 Å². The van der Waals surface area contributed by atoms with Crippen LogP contribution in [0.1, 0.15) is 15.9 Å². The number of hydrogen-bond acceptors (Lipinski definition) is 4. The standard InChI is InChI=1S/C13H10N2O2/c14-12-10(7-4-8-11(12)15-17)13(16)9-5-2-1-3-6-9/h1-8H,14H2. The van der Waals surface area contributed by atoms with E-state index in [-0.39, 0.29) is 17.2 Å². The Bertz CT molecular complexity index is 565. The van der Waals surface area contributed by atoms with Crippen molar-refractivity contribution in [3.63, 3.8) is 0 Å². The van der Waals surface area contributed by atoms with Gasteiger partial charge in [-0.05, 0) is 17.3 Å². The predicted octanol–water partition coefficient (Wildman–Crippen LogP) is 2.90. The summed E-state index contributed by atoms with van der Waals surface area (Å²) in [5.74, 6) is -0.214. The van der Waals surface area contributed by atoms with Gasteiger partial charge < -0.3 is 5.73 Å². The van der Waals surface area contributed by atoms with E-state index >= 15 is 0 Å². The molecule has 2 N–H and O–H groups in total. The molecule has 2 aromatic rings. The number of ketones is 1. The summed E-state index contributed by atoms with van der Waals surface area (Å²) < 4.78 is 0. The topological polar surface area (TPSA) is 72.5 Å². The molecule has 0 fully saturated rings. The van der Waals surface area contributed by atoms with E-state index in [1.165, 1.54) is 6.07 Å². The molecule has 0 radical (unpaired) electrons. The Morgan fingerprint density at radius 1 is 1.00 bits per heavy atom. The van der Waals surface area contributed by atoms with Crippen LogP contribution in [0.5, 0.6) is 0 Å². The molecule has 0 saturated carbocycles. The zero-order valence-corrected chi connectivity index (χ0v) is 8.96. The first-order valence-electron chi connectivity index (χ1n) is 5.05. The number of nitrogens with zero attached hydrogens (tertiary/aromatic N) is 1. The van der Waals surface area contributed by atoms with Crippen LogP contribution in [0.25, 0.3) is 0 Å². The number of carbonyl (C=O) groups is 1. The molecule has 0 aliphatic carbocycles. The minimum absolute atomic E-state index is 0.0896. The molecule has 4 nitrogen and oxygen atoms in total. The van der Waals surface area contributed by atoms with Gasteiger partial charge in [0.1, 0.15) is 5.69 Å². The van der Waals surface area contributed by atoms with E-state index < -0.39 is 0 Å². The molecule has 17 heavy (non-hydrogen) atoms. The number of nitrogens with two attached hydrogens (primary N) is 1. The average molecular weight is 226 g/mol. The molecule has 0 aliphatic heterocycles. The minimum Gasteiger partial charge on any atom is -0.396 e. The number of nitroso groups, excluding NO2 is 1. The number of para-hydroxylation sites is 1. The number of benzene rings is 2. The van der Waals surface area contributed by atoms with Gasteiger partial charge >= 0.3 is 0 Å². The molecule has 84 valence electrons. The van der Waals surface area contributed by atoms with E-state index in [0.717, 1.165) is 0 Å². The second-order valence-corrected chi connectivity index (χ2v) is 3.52. The van der Waals surface area contributed by atoms with Gasteiger partial charge in [-0.2, -0.15) is 0 Å².